The Balaban J connectivity index is 1.96. The highest BCUT2D eigenvalue weighted by Gasteiger charge is 2.20. The predicted octanol–water partition coefficient (Wildman–Crippen LogP) is 3.14. The molecule has 0 heteroatoms. The Morgan fingerprint density at radius 3 is 2.67 bits per heavy atom. The van der Waals surface area contributed by atoms with Crippen LogP contribution in [0.2, 0.25) is 0 Å². The molecule has 0 atom stereocenters. The maximum atomic E-state index is 3.97. The average Bonchev–Trinajstić information content (AvgIpc) is 2.65. The van der Waals surface area contributed by atoms with E-state index in [1.54, 1.807) is 0 Å². The van der Waals surface area contributed by atoms with E-state index in [0.29, 0.717) is 0 Å². The lowest BCUT2D eigenvalue weighted by molar-refractivity contribution is 0.709. The van der Waals surface area contributed by atoms with Gasteiger partial charge in [0.1, 0.15) is 0 Å². The van der Waals surface area contributed by atoms with Crippen molar-refractivity contribution in [2.24, 2.45) is 5.92 Å². The Kier molecular flexibility index (Phi) is 2.32. The van der Waals surface area contributed by atoms with Crippen molar-refractivity contribution < 1.29 is 0 Å². The topological polar surface area (TPSA) is 0 Å². The van der Waals surface area contributed by atoms with E-state index >= 15 is 0 Å². The van der Waals surface area contributed by atoms with Gasteiger partial charge in [-0.3, -0.25) is 0 Å². The van der Waals surface area contributed by atoms with Gasteiger partial charge in [-0.2, -0.15) is 0 Å². The third-order valence-electron chi connectivity index (χ3n) is 2.10. The first-order chi connectivity index (χ1) is 4.33. The second-order valence-corrected chi connectivity index (χ2v) is 3.09. The zero-order chi connectivity index (χ0) is 6.69. The monoisotopic (exact) mass is 124 g/mol. The van der Waals surface area contributed by atoms with E-state index in [-0.39, 0.29) is 0 Å². The molecule has 0 saturated heterocycles. The third-order valence-corrected chi connectivity index (χ3v) is 2.10. The highest BCUT2D eigenvalue weighted by Crippen LogP contribution is 2.34. The first-order valence-corrected chi connectivity index (χ1v) is 3.99. The van der Waals surface area contributed by atoms with Gasteiger partial charge < -0.3 is 0 Å². The summed E-state index contributed by atoms with van der Waals surface area (Å²) in [5, 5.41) is 0. The Labute approximate surface area is 58.0 Å². The van der Waals surface area contributed by atoms with Crippen LogP contribution < -0.4 is 0 Å². The summed E-state index contributed by atoms with van der Waals surface area (Å²) in [4.78, 5) is 0. The summed E-state index contributed by atoms with van der Waals surface area (Å²) in [7, 11) is 0. The smallest absolute Gasteiger partial charge is 0.0320 e. The predicted molar refractivity (Wildman–Crippen MR) is 41.4 cm³/mol. The maximum Gasteiger partial charge on any atom is -0.0320 e. The van der Waals surface area contributed by atoms with Crippen LogP contribution in [0.15, 0.2) is 12.2 Å². The fourth-order valence-electron chi connectivity index (χ4n) is 0.992. The first-order valence-electron chi connectivity index (χ1n) is 3.99. The van der Waals surface area contributed by atoms with Crippen molar-refractivity contribution in [1.29, 1.82) is 0 Å². The van der Waals surface area contributed by atoms with Crippen molar-refractivity contribution in [3.05, 3.63) is 12.2 Å². The molecule has 1 aliphatic carbocycles. The normalized spacial score (nSPS) is 17.9. The van der Waals surface area contributed by atoms with Gasteiger partial charge in [0.05, 0.1) is 0 Å². The van der Waals surface area contributed by atoms with E-state index in [1.807, 2.05) is 0 Å². The highest BCUT2D eigenvalue weighted by atomic mass is 14.3. The standard InChI is InChI=1S/C9H16/c1-3-8(2)4-5-9-6-7-9/h9H,2-7H2,1H3. The van der Waals surface area contributed by atoms with E-state index in [1.165, 1.54) is 37.7 Å². The molecule has 0 heterocycles. The Morgan fingerprint density at radius 2 is 2.22 bits per heavy atom. The van der Waals surface area contributed by atoms with Gasteiger partial charge in [-0.1, -0.05) is 31.9 Å². The molecule has 1 aliphatic rings. The number of rotatable bonds is 4. The molecule has 0 N–H and O–H groups in total. The van der Waals surface area contributed by atoms with Crippen LogP contribution in [0.4, 0.5) is 0 Å². The summed E-state index contributed by atoms with van der Waals surface area (Å²) < 4.78 is 0. The van der Waals surface area contributed by atoms with Crippen molar-refractivity contribution in [2.75, 3.05) is 0 Å². The van der Waals surface area contributed by atoms with Crippen molar-refractivity contribution in [1.82, 2.24) is 0 Å². The quantitative estimate of drug-likeness (QED) is 0.505. The summed E-state index contributed by atoms with van der Waals surface area (Å²) in [6.45, 7) is 6.16. The molecule has 1 fully saturated rings. The fraction of sp³-hybridized carbons (Fsp3) is 0.778. The van der Waals surface area contributed by atoms with Crippen molar-refractivity contribution in [3.63, 3.8) is 0 Å². The van der Waals surface area contributed by atoms with Gasteiger partial charge in [-0.25, -0.2) is 0 Å². The SMILES string of the molecule is C=C(CC)CCC1CC1. The number of allylic oxidation sites excluding steroid dienone is 1. The van der Waals surface area contributed by atoms with Crippen molar-refractivity contribution in [2.45, 2.75) is 39.0 Å². The van der Waals surface area contributed by atoms with Crippen LogP contribution in [0.25, 0.3) is 0 Å². The molecular formula is C9H16. The lowest BCUT2D eigenvalue weighted by atomic mass is 10.1. The molecule has 52 valence electrons. The fourth-order valence-corrected chi connectivity index (χ4v) is 0.992. The minimum absolute atomic E-state index is 1.08. The van der Waals surface area contributed by atoms with E-state index in [4.69, 9.17) is 0 Å². The summed E-state index contributed by atoms with van der Waals surface area (Å²) in [6, 6.07) is 0. The highest BCUT2D eigenvalue weighted by molar-refractivity contribution is 4.93. The van der Waals surface area contributed by atoms with Crippen molar-refractivity contribution >= 4 is 0 Å². The molecule has 1 rings (SSSR count). The van der Waals surface area contributed by atoms with E-state index in [2.05, 4.69) is 13.5 Å². The first kappa shape index (κ1) is 6.85. The Morgan fingerprint density at radius 1 is 1.56 bits per heavy atom. The number of hydrogen-bond donors (Lipinski definition) is 0. The summed E-state index contributed by atoms with van der Waals surface area (Å²) >= 11 is 0. The molecule has 0 aromatic rings. The molecule has 0 aliphatic heterocycles. The molecule has 0 nitrogen and oxygen atoms in total. The number of hydrogen-bond acceptors (Lipinski definition) is 0. The lowest BCUT2D eigenvalue weighted by Crippen LogP contribution is -1.80. The maximum absolute atomic E-state index is 3.97. The zero-order valence-corrected chi connectivity index (χ0v) is 6.32. The average molecular weight is 124 g/mol. The van der Waals surface area contributed by atoms with E-state index in [0.717, 1.165) is 5.92 Å². The molecule has 9 heavy (non-hydrogen) atoms. The lowest BCUT2D eigenvalue weighted by Gasteiger charge is -1.98. The van der Waals surface area contributed by atoms with Gasteiger partial charge in [0, 0.05) is 0 Å². The molecule has 0 amide bonds. The zero-order valence-electron chi connectivity index (χ0n) is 6.32. The van der Waals surface area contributed by atoms with Crippen LogP contribution in [-0.2, 0) is 0 Å². The van der Waals surface area contributed by atoms with Gasteiger partial charge in [-0.15, -0.1) is 0 Å². The van der Waals surface area contributed by atoms with E-state index in [9.17, 15) is 0 Å². The minimum Gasteiger partial charge on any atom is -0.0999 e. The Bertz CT molecular complexity index is 98.6. The van der Waals surface area contributed by atoms with Crippen LogP contribution in [0.3, 0.4) is 0 Å². The molecule has 0 radical (unpaired) electrons. The van der Waals surface area contributed by atoms with Gasteiger partial charge in [-0.05, 0) is 25.2 Å². The summed E-state index contributed by atoms with van der Waals surface area (Å²) in [6.07, 6.45) is 6.83. The van der Waals surface area contributed by atoms with Gasteiger partial charge >= 0.3 is 0 Å². The molecule has 0 aromatic heterocycles. The summed E-state index contributed by atoms with van der Waals surface area (Å²) in [5.41, 5.74) is 1.43. The molecule has 0 spiro atoms. The van der Waals surface area contributed by atoms with Gasteiger partial charge in [0.25, 0.3) is 0 Å². The largest absolute Gasteiger partial charge is 0.0999 e. The van der Waals surface area contributed by atoms with Crippen LogP contribution in [0, 0.1) is 5.92 Å². The van der Waals surface area contributed by atoms with Crippen LogP contribution in [-0.4, -0.2) is 0 Å². The van der Waals surface area contributed by atoms with E-state index < -0.39 is 0 Å². The molecule has 0 bridgehead atoms. The van der Waals surface area contributed by atoms with Crippen molar-refractivity contribution in [3.8, 4) is 0 Å². The van der Waals surface area contributed by atoms with Crippen LogP contribution in [0.5, 0.6) is 0 Å². The second-order valence-electron chi connectivity index (χ2n) is 3.09. The minimum atomic E-state index is 1.08. The van der Waals surface area contributed by atoms with Crippen LogP contribution >= 0.6 is 0 Å². The second kappa shape index (κ2) is 3.05. The molecular weight excluding hydrogens is 108 g/mol. The molecule has 0 aromatic carbocycles. The molecule has 1 saturated carbocycles. The van der Waals surface area contributed by atoms with Crippen LogP contribution in [0.1, 0.15) is 39.0 Å². The van der Waals surface area contributed by atoms with Gasteiger partial charge in [0.2, 0.25) is 0 Å². The summed E-state index contributed by atoms with van der Waals surface area (Å²) in [5.74, 6) is 1.08. The third kappa shape index (κ3) is 2.69. The van der Waals surface area contributed by atoms with Gasteiger partial charge in [0.15, 0.2) is 0 Å². The Hall–Kier alpha value is -0.260. The molecule has 0 unspecified atom stereocenters.